The molecular weight excluding hydrogens is 318 g/mol. The number of amides is 1. The van der Waals surface area contributed by atoms with Gasteiger partial charge in [0.15, 0.2) is 0 Å². The van der Waals surface area contributed by atoms with Crippen molar-refractivity contribution < 1.29 is 9.53 Å². The molecule has 0 aromatic carbocycles. The second kappa shape index (κ2) is 8.62. The van der Waals surface area contributed by atoms with E-state index >= 15 is 0 Å². The lowest BCUT2D eigenvalue weighted by Crippen LogP contribution is -2.45. The minimum absolute atomic E-state index is 0.0817. The fourth-order valence-corrected chi connectivity index (χ4v) is 3.08. The Labute approximate surface area is 147 Å². The van der Waals surface area contributed by atoms with E-state index in [2.05, 4.69) is 10.1 Å². The monoisotopic (exact) mass is 343 g/mol. The van der Waals surface area contributed by atoms with Gasteiger partial charge in [0.25, 0.3) is 0 Å². The van der Waals surface area contributed by atoms with Crippen LogP contribution in [-0.4, -0.2) is 51.4 Å². The molecule has 0 spiro atoms. The van der Waals surface area contributed by atoms with Gasteiger partial charge in [-0.05, 0) is 43.0 Å². The zero-order valence-electron chi connectivity index (χ0n) is 14.4. The number of rotatable bonds is 7. The van der Waals surface area contributed by atoms with Crippen molar-refractivity contribution in [3.05, 3.63) is 42.4 Å². The predicted molar refractivity (Wildman–Crippen MR) is 94.8 cm³/mol. The van der Waals surface area contributed by atoms with Gasteiger partial charge in [0, 0.05) is 44.6 Å². The standard InChI is InChI=1S/C18H25N5O2/c19-17-13-15(6-8-20-17)4-5-16-14-22(11-12-25-16)18(24)3-1-9-23-10-2-7-21-23/h2,6-8,10,13,16H,1,3-5,9,11-12,14H2,(H2,19,20)/t16-/m0/s1. The number of ether oxygens (including phenoxy) is 1. The summed E-state index contributed by atoms with van der Waals surface area (Å²) in [5.74, 6) is 0.740. The Kier molecular flexibility index (Phi) is 6.00. The van der Waals surface area contributed by atoms with Crippen molar-refractivity contribution in [2.75, 3.05) is 25.4 Å². The Morgan fingerprint density at radius 3 is 3.12 bits per heavy atom. The quantitative estimate of drug-likeness (QED) is 0.823. The first kappa shape index (κ1) is 17.4. The highest BCUT2D eigenvalue weighted by Crippen LogP contribution is 2.14. The maximum Gasteiger partial charge on any atom is 0.222 e. The lowest BCUT2D eigenvalue weighted by Gasteiger charge is -2.33. The fraction of sp³-hybridized carbons (Fsp3) is 0.500. The van der Waals surface area contributed by atoms with Crippen LogP contribution < -0.4 is 5.73 Å². The molecule has 3 heterocycles. The summed E-state index contributed by atoms with van der Waals surface area (Å²) in [5, 5.41) is 4.16. The SMILES string of the molecule is Nc1cc(CC[C@H]2CN(C(=O)CCCn3cccn3)CCO2)ccn1. The number of nitrogens with two attached hydrogens (primary N) is 1. The third-order valence-electron chi connectivity index (χ3n) is 4.43. The number of aryl methyl sites for hydroxylation is 2. The third kappa shape index (κ3) is 5.29. The Balaban J connectivity index is 1.41. The van der Waals surface area contributed by atoms with Crippen molar-refractivity contribution in [3.63, 3.8) is 0 Å². The average Bonchev–Trinajstić information content (AvgIpc) is 3.14. The van der Waals surface area contributed by atoms with Crippen molar-refractivity contribution in [2.45, 2.75) is 38.3 Å². The van der Waals surface area contributed by atoms with Gasteiger partial charge in [-0.15, -0.1) is 0 Å². The number of morpholine rings is 1. The van der Waals surface area contributed by atoms with Gasteiger partial charge in [-0.2, -0.15) is 5.10 Å². The normalized spacial score (nSPS) is 17.6. The van der Waals surface area contributed by atoms with E-state index in [9.17, 15) is 4.79 Å². The van der Waals surface area contributed by atoms with Crippen LogP contribution in [0.1, 0.15) is 24.8 Å². The number of hydrogen-bond donors (Lipinski definition) is 1. The van der Waals surface area contributed by atoms with Gasteiger partial charge in [-0.1, -0.05) is 0 Å². The van der Waals surface area contributed by atoms with Gasteiger partial charge >= 0.3 is 0 Å². The molecule has 1 fully saturated rings. The largest absolute Gasteiger partial charge is 0.384 e. The molecule has 1 atom stereocenters. The molecule has 1 amide bonds. The van der Waals surface area contributed by atoms with Crippen LogP contribution in [0.2, 0.25) is 0 Å². The number of pyridine rings is 1. The Morgan fingerprint density at radius 2 is 2.32 bits per heavy atom. The topological polar surface area (TPSA) is 86.3 Å². The van der Waals surface area contributed by atoms with Gasteiger partial charge in [0.2, 0.25) is 5.91 Å². The molecule has 7 nitrogen and oxygen atoms in total. The molecule has 3 rings (SSSR count). The molecule has 0 saturated carbocycles. The van der Waals surface area contributed by atoms with Crippen molar-refractivity contribution in [1.82, 2.24) is 19.7 Å². The van der Waals surface area contributed by atoms with E-state index < -0.39 is 0 Å². The van der Waals surface area contributed by atoms with Crippen LogP contribution in [0.5, 0.6) is 0 Å². The molecular formula is C18H25N5O2. The number of nitrogens with zero attached hydrogens (tertiary/aromatic N) is 4. The van der Waals surface area contributed by atoms with Gasteiger partial charge in [-0.3, -0.25) is 9.48 Å². The van der Waals surface area contributed by atoms with Crippen LogP contribution in [0.25, 0.3) is 0 Å². The van der Waals surface area contributed by atoms with Gasteiger partial charge < -0.3 is 15.4 Å². The zero-order valence-corrected chi connectivity index (χ0v) is 14.4. The highest BCUT2D eigenvalue weighted by atomic mass is 16.5. The molecule has 1 aliphatic rings. The Hall–Kier alpha value is -2.41. The van der Waals surface area contributed by atoms with Crippen molar-refractivity contribution in [1.29, 1.82) is 0 Å². The predicted octanol–water partition coefficient (Wildman–Crippen LogP) is 1.50. The summed E-state index contributed by atoms with van der Waals surface area (Å²) in [4.78, 5) is 18.3. The van der Waals surface area contributed by atoms with Crippen molar-refractivity contribution in [3.8, 4) is 0 Å². The van der Waals surface area contributed by atoms with Gasteiger partial charge in [0.1, 0.15) is 5.82 Å². The van der Waals surface area contributed by atoms with Gasteiger partial charge in [-0.25, -0.2) is 4.98 Å². The second-order valence-electron chi connectivity index (χ2n) is 6.33. The van der Waals surface area contributed by atoms with E-state index in [1.807, 2.05) is 34.0 Å². The van der Waals surface area contributed by atoms with Crippen LogP contribution >= 0.6 is 0 Å². The molecule has 2 aromatic rings. The zero-order chi connectivity index (χ0) is 17.5. The molecule has 1 saturated heterocycles. The van der Waals surface area contributed by atoms with Crippen LogP contribution in [0.3, 0.4) is 0 Å². The lowest BCUT2D eigenvalue weighted by atomic mass is 10.1. The summed E-state index contributed by atoms with van der Waals surface area (Å²) in [7, 11) is 0. The highest BCUT2D eigenvalue weighted by Gasteiger charge is 2.23. The smallest absolute Gasteiger partial charge is 0.222 e. The number of carbonyl (C=O) groups excluding carboxylic acids is 1. The number of anilines is 1. The minimum Gasteiger partial charge on any atom is -0.384 e. The van der Waals surface area contributed by atoms with Crippen LogP contribution in [0, 0.1) is 0 Å². The van der Waals surface area contributed by atoms with Crippen LogP contribution in [-0.2, 0) is 22.5 Å². The Bertz CT molecular complexity index is 674. The number of aromatic nitrogens is 3. The van der Waals surface area contributed by atoms with Crippen molar-refractivity contribution >= 4 is 11.7 Å². The summed E-state index contributed by atoms with van der Waals surface area (Å²) in [6, 6.07) is 5.75. The first-order valence-electron chi connectivity index (χ1n) is 8.78. The van der Waals surface area contributed by atoms with E-state index in [0.29, 0.717) is 31.9 Å². The molecule has 2 N–H and O–H groups in total. The average molecular weight is 343 g/mol. The maximum atomic E-state index is 12.4. The summed E-state index contributed by atoms with van der Waals surface area (Å²) >= 11 is 0. The van der Waals surface area contributed by atoms with Crippen LogP contribution in [0.15, 0.2) is 36.8 Å². The molecule has 0 aliphatic carbocycles. The number of nitrogen functional groups attached to an aromatic ring is 1. The van der Waals surface area contributed by atoms with E-state index in [0.717, 1.165) is 31.4 Å². The highest BCUT2D eigenvalue weighted by molar-refractivity contribution is 5.76. The van der Waals surface area contributed by atoms with Crippen LogP contribution in [0.4, 0.5) is 5.82 Å². The first-order valence-corrected chi connectivity index (χ1v) is 8.78. The van der Waals surface area contributed by atoms with E-state index in [1.54, 1.807) is 12.4 Å². The molecule has 1 aliphatic heterocycles. The summed E-state index contributed by atoms with van der Waals surface area (Å²) in [6.45, 7) is 2.73. The molecule has 7 heteroatoms. The summed E-state index contributed by atoms with van der Waals surface area (Å²) in [5.41, 5.74) is 6.86. The molecule has 134 valence electrons. The molecule has 0 unspecified atom stereocenters. The van der Waals surface area contributed by atoms with E-state index in [1.165, 1.54) is 0 Å². The fourth-order valence-electron chi connectivity index (χ4n) is 3.08. The molecule has 0 bridgehead atoms. The van der Waals surface area contributed by atoms with Crippen molar-refractivity contribution in [2.24, 2.45) is 0 Å². The Morgan fingerprint density at radius 1 is 1.40 bits per heavy atom. The van der Waals surface area contributed by atoms with E-state index in [-0.39, 0.29) is 12.0 Å². The number of hydrogen-bond acceptors (Lipinski definition) is 5. The summed E-state index contributed by atoms with van der Waals surface area (Å²) < 4.78 is 7.68. The summed E-state index contributed by atoms with van der Waals surface area (Å²) in [6.07, 6.45) is 8.58. The van der Waals surface area contributed by atoms with Gasteiger partial charge in [0.05, 0.1) is 12.7 Å². The maximum absolute atomic E-state index is 12.4. The molecule has 2 aromatic heterocycles. The van der Waals surface area contributed by atoms with E-state index in [4.69, 9.17) is 10.5 Å². The molecule has 0 radical (unpaired) electrons. The second-order valence-corrected chi connectivity index (χ2v) is 6.33. The molecule has 25 heavy (non-hydrogen) atoms. The number of carbonyl (C=O) groups is 1. The lowest BCUT2D eigenvalue weighted by molar-refractivity contribution is -0.139. The first-order chi connectivity index (χ1) is 12.2. The minimum atomic E-state index is 0.0817. The third-order valence-corrected chi connectivity index (χ3v) is 4.43.